The number of pyridine rings is 1. The van der Waals surface area contributed by atoms with Gasteiger partial charge in [-0.2, -0.15) is 0 Å². The van der Waals surface area contributed by atoms with Crippen molar-refractivity contribution < 1.29 is 9.53 Å². The van der Waals surface area contributed by atoms with E-state index in [0.29, 0.717) is 19.8 Å². The lowest BCUT2D eigenvalue weighted by molar-refractivity contribution is 0.0162. The molecule has 6 nitrogen and oxygen atoms in total. The molecule has 2 heterocycles. The lowest BCUT2D eigenvalue weighted by Crippen LogP contribution is -2.44. The Hall–Kier alpha value is -2.44. The Morgan fingerprint density at radius 3 is 2.80 bits per heavy atom. The second kappa shape index (κ2) is 8.09. The van der Waals surface area contributed by atoms with Crippen LogP contribution in [0, 0.1) is 6.92 Å². The van der Waals surface area contributed by atoms with Crippen LogP contribution in [0.5, 0.6) is 0 Å². The summed E-state index contributed by atoms with van der Waals surface area (Å²) in [7, 11) is 0. The molecule has 132 valence electrons. The number of carbonyl (C=O) groups excluding carboxylic acids is 1. The third-order valence-corrected chi connectivity index (χ3v) is 4.43. The van der Waals surface area contributed by atoms with Gasteiger partial charge in [0.05, 0.1) is 19.3 Å². The van der Waals surface area contributed by atoms with Gasteiger partial charge in [-0.05, 0) is 24.6 Å². The van der Waals surface area contributed by atoms with Crippen molar-refractivity contribution in [2.75, 3.05) is 32.8 Å². The zero-order valence-electron chi connectivity index (χ0n) is 14.3. The number of aromatic nitrogens is 1. The van der Waals surface area contributed by atoms with Gasteiger partial charge in [0.25, 0.3) is 11.5 Å². The molecule has 1 aromatic carbocycles. The maximum atomic E-state index is 12.4. The summed E-state index contributed by atoms with van der Waals surface area (Å²) < 4.78 is 5.45. The van der Waals surface area contributed by atoms with Crippen molar-refractivity contribution in [3.05, 3.63) is 69.6 Å². The van der Waals surface area contributed by atoms with Gasteiger partial charge in [-0.25, -0.2) is 0 Å². The number of carbonyl (C=O) groups is 1. The summed E-state index contributed by atoms with van der Waals surface area (Å²) in [6, 6.07) is 11.5. The quantitative estimate of drug-likeness (QED) is 0.864. The summed E-state index contributed by atoms with van der Waals surface area (Å²) in [5.41, 5.74) is 2.09. The van der Waals surface area contributed by atoms with E-state index >= 15 is 0 Å². The van der Waals surface area contributed by atoms with Crippen molar-refractivity contribution in [3.8, 4) is 0 Å². The Morgan fingerprint density at radius 2 is 2.08 bits per heavy atom. The van der Waals surface area contributed by atoms with Crippen LogP contribution in [-0.4, -0.2) is 48.6 Å². The summed E-state index contributed by atoms with van der Waals surface area (Å²) >= 11 is 0. The minimum Gasteiger partial charge on any atom is -0.379 e. The van der Waals surface area contributed by atoms with Gasteiger partial charge in [0, 0.05) is 25.8 Å². The van der Waals surface area contributed by atoms with Crippen LogP contribution < -0.4 is 10.9 Å². The first-order valence-electron chi connectivity index (χ1n) is 8.49. The number of nitrogens with zero attached hydrogens (tertiary/aromatic N) is 1. The van der Waals surface area contributed by atoms with Gasteiger partial charge < -0.3 is 15.0 Å². The molecule has 3 rings (SSSR count). The second-order valence-corrected chi connectivity index (χ2v) is 6.20. The van der Waals surface area contributed by atoms with Gasteiger partial charge in [0.1, 0.15) is 5.56 Å². The molecule has 1 aliphatic rings. The summed E-state index contributed by atoms with van der Waals surface area (Å²) in [6.07, 6.45) is 1.52. The molecule has 0 radical (unpaired) electrons. The van der Waals surface area contributed by atoms with Gasteiger partial charge in [0.2, 0.25) is 0 Å². The smallest absolute Gasteiger partial charge is 0.260 e. The number of amides is 1. The van der Waals surface area contributed by atoms with Crippen LogP contribution in [-0.2, 0) is 4.74 Å². The number of nitrogens with one attached hydrogen (secondary N) is 2. The predicted octanol–water partition coefficient (Wildman–Crippen LogP) is 1.49. The van der Waals surface area contributed by atoms with Crippen LogP contribution in [0.1, 0.15) is 27.5 Å². The highest BCUT2D eigenvalue weighted by molar-refractivity contribution is 5.93. The number of ether oxygens (including phenoxy) is 1. The Morgan fingerprint density at radius 1 is 1.28 bits per heavy atom. The number of H-pyrrole nitrogens is 1. The zero-order valence-corrected chi connectivity index (χ0v) is 14.3. The number of benzene rings is 1. The number of morpholine rings is 1. The van der Waals surface area contributed by atoms with E-state index in [-0.39, 0.29) is 23.1 Å². The van der Waals surface area contributed by atoms with Crippen molar-refractivity contribution in [1.82, 2.24) is 15.2 Å². The van der Waals surface area contributed by atoms with Crippen LogP contribution >= 0.6 is 0 Å². The van der Waals surface area contributed by atoms with Crippen molar-refractivity contribution in [1.29, 1.82) is 0 Å². The fourth-order valence-corrected chi connectivity index (χ4v) is 3.11. The van der Waals surface area contributed by atoms with Crippen molar-refractivity contribution in [2.45, 2.75) is 13.0 Å². The maximum absolute atomic E-state index is 12.4. The fraction of sp³-hybridized carbons (Fsp3) is 0.368. The summed E-state index contributed by atoms with van der Waals surface area (Å²) in [5, 5.41) is 2.91. The minimum atomic E-state index is -0.376. The lowest BCUT2D eigenvalue weighted by atomic mass is 10.0. The summed E-state index contributed by atoms with van der Waals surface area (Å²) in [6.45, 7) is 5.52. The van der Waals surface area contributed by atoms with Crippen LogP contribution in [0.25, 0.3) is 0 Å². The Labute approximate surface area is 146 Å². The molecule has 0 spiro atoms. The lowest BCUT2D eigenvalue weighted by Gasteiger charge is -2.35. The highest BCUT2D eigenvalue weighted by Gasteiger charge is 2.23. The molecule has 2 aromatic rings. The first-order valence-corrected chi connectivity index (χ1v) is 8.49. The molecular formula is C19H23N3O3. The molecule has 25 heavy (non-hydrogen) atoms. The van der Waals surface area contributed by atoms with Gasteiger partial charge in [-0.3, -0.25) is 14.5 Å². The standard InChI is InChI=1S/C19H23N3O3/c1-14-4-2-5-15(12-14)17(22-8-10-25-11-9-22)13-21-19(24)16-6-3-7-20-18(16)23/h2-7,12,17H,8-11,13H2,1H3,(H,20,23)(H,21,24)/t17-/m1/s1. The third kappa shape index (κ3) is 4.35. The number of hydrogen-bond donors (Lipinski definition) is 2. The molecule has 1 atom stereocenters. The average molecular weight is 341 g/mol. The molecule has 1 saturated heterocycles. The van der Waals surface area contributed by atoms with Crippen LogP contribution in [0.15, 0.2) is 47.4 Å². The summed E-state index contributed by atoms with van der Waals surface area (Å²) in [5.74, 6) is -0.354. The molecule has 0 unspecified atom stereocenters. The van der Waals surface area contributed by atoms with E-state index in [9.17, 15) is 9.59 Å². The SMILES string of the molecule is Cc1cccc([C@@H](CNC(=O)c2ccc[nH]c2=O)N2CCOCC2)c1. The number of aromatic amines is 1. The normalized spacial score (nSPS) is 16.4. The average Bonchev–Trinajstić information content (AvgIpc) is 2.63. The number of rotatable bonds is 5. The van der Waals surface area contributed by atoms with E-state index in [1.165, 1.54) is 17.8 Å². The highest BCUT2D eigenvalue weighted by atomic mass is 16.5. The van der Waals surface area contributed by atoms with E-state index in [1.807, 2.05) is 6.07 Å². The highest BCUT2D eigenvalue weighted by Crippen LogP contribution is 2.22. The largest absolute Gasteiger partial charge is 0.379 e. The molecule has 2 N–H and O–H groups in total. The molecule has 1 amide bonds. The monoisotopic (exact) mass is 341 g/mol. The van der Waals surface area contributed by atoms with E-state index in [2.05, 4.69) is 40.3 Å². The van der Waals surface area contributed by atoms with Crippen LogP contribution in [0.2, 0.25) is 0 Å². The van der Waals surface area contributed by atoms with Crippen molar-refractivity contribution in [2.24, 2.45) is 0 Å². The molecule has 1 aliphatic heterocycles. The molecule has 1 aromatic heterocycles. The first-order chi connectivity index (χ1) is 12.1. The van der Waals surface area contributed by atoms with Crippen molar-refractivity contribution in [3.63, 3.8) is 0 Å². The topological polar surface area (TPSA) is 74.4 Å². The first kappa shape index (κ1) is 17.4. The van der Waals surface area contributed by atoms with E-state index in [4.69, 9.17) is 4.74 Å². The second-order valence-electron chi connectivity index (χ2n) is 6.20. The zero-order chi connectivity index (χ0) is 17.6. The Balaban J connectivity index is 1.76. The van der Waals surface area contributed by atoms with Crippen molar-refractivity contribution >= 4 is 5.91 Å². The van der Waals surface area contributed by atoms with Crippen LogP contribution in [0.4, 0.5) is 0 Å². The van der Waals surface area contributed by atoms with Gasteiger partial charge in [-0.1, -0.05) is 29.8 Å². The van der Waals surface area contributed by atoms with E-state index in [0.717, 1.165) is 18.7 Å². The number of aryl methyl sites for hydroxylation is 1. The molecular weight excluding hydrogens is 318 g/mol. The molecule has 0 saturated carbocycles. The van der Waals surface area contributed by atoms with Gasteiger partial charge >= 0.3 is 0 Å². The molecule has 0 bridgehead atoms. The van der Waals surface area contributed by atoms with Gasteiger partial charge in [0.15, 0.2) is 0 Å². The Bertz CT molecular complexity index is 781. The molecule has 1 fully saturated rings. The Kier molecular flexibility index (Phi) is 5.63. The fourth-order valence-electron chi connectivity index (χ4n) is 3.11. The van der Waals surface area contributed by atoms with Crippen LogP contribution in [0.3, 0.4) is 0 Å². The predicted molar refractivity (Wildman–Crippen MR) is 95.7 cm³/mol. The molecule has 0 aliphatic carbocycles. The molecule has 6 heteroatoms. The van der Waals surface area contributed by atoms with Gasteiger partial charge in [-0.15, -0.1) is 0 Å². The van der Waals surface area contributed by atoms with E-state index in [1.54, 1.807) is 6.07 Å². The number of hydrogen-bond acceptors (Lipinski definition) is 4. The maximum Gasteiger partial charge on any atom is 0.260 e. The van der Waals surface area contributed by atoms with E-state index < -0.39 is 0 Å². The summed E-state index contributed by atoms with van der Waals surface area (Å²) in [4.78, 5) is 29.0. The third-order valence-electron chi connectivity index (χ3n) is 4.43. The minimum absolute atomic E-state index is 0.0514.